The van der Waals surface area contributed by atoms with Crippen molar-refractivity contribution < 1.29 is 8.42 Å². The highest BCUT2D eigenvalue weighted by Crippen LogP contribution is 2.18. The molecule has 0 unspecified atom stereocenters. The van der Waals surface area contributed by atoms with Crippen LogP contribution in [0.3, 0.4) is 0 Å². The lowest BCUT2D eigenvalue weighted by Gasteiger charge is -2.09. The summed E-state index contributed by atoms with van der Waals surface area (Å²) in [5.41, 5.74) is 1.40. The number of aromatic nitrogens is 2. The number of nitrogens with one attached hydrogen (secondary N) is 2. The van der Waals surface area contributed by atoms with Gasteiger partial charge in [0.1, 0.15) is 5.82 Å². The highest BCUT2D eigenvalue weighted by atomic mass is 35.5. The Morgan fingerprint density at radius 1 is 1.00 bits per heavy atom. The monoisotopic (exact) mass is 374 g/mol. The number of sulfonamides is 1. The van der Waals surface area contributed by atoms with Gasteiger partial charge in [0.25, 0.3) is 10.0 Å². The highest BCUT2D eigenvalue weighted by Gasteiger charge is 2.14. The van der Waals surface area contributed by atoms with E-state index in [1.54, 1.807) is 24.5 Å². The molecule has 0 amide bonds. The summed E-state index contributed by atoms with van der Waals surface area (Å²) in [6.07, 6.45) is 4.93. The van der Waals surface area contributed by atoms with E-state index in [-0.39, 0.29) is 4.90 Å². The van der Waals surface area contributed by atoms with Crippen LogP contribution in [0.5, 0.6) is 0 Å². The van der Waals surface area contributed by atoms with Crippen LogP contribution < -0.4 is 10.0 Å². The molecule has 3 aromatic rings. The lowest BCUT2D eigenvalue weighted by molar-refractivity contribution is 0.601. The van der Waals surface area contributed by atoms with E-state index in [0.717, 1.165) is 5.56 Å². The molecule has 25 heavy (non-hydrogen) atoms. The van der Waals surface area contributed by atoms with Gasteiger partial charge in [-0.15, -0.1) is 0 Å². The lowest BCUT2D eigenvalue weighted by atomic mass is 10.3. The summed E-state index contributed by atoms with van der Waals surface area (Å²) in [7, 11) is -3.68. The summed E-state index contributed by atoms with van der Waals surface area (Å²) in [6.45, 7) is 0.580. The van der Waals surface area contributed by atoms with E-state index >= 15 is 0 Å². The van der Waals surface area contributed by atoms with E-state index in [0.29, 0.717) is 23.1 Å². The van der Waals surface area contributed by atoms with Gasteiger partial charge in [-0.2, -0.15) is 0 Å². The maximum absolute atomic E-state index is 12.3. The van der Waals surface area contributed by atoms with E-state index in [9.17, 15) is 8.42 Å². The number of hydrogen-bond donors (Lipinski definition) is 2. The molecule has 2 aromatic heterocycles. The third-order valence-electron chi connectivity index (χ3n) is 3.34. The molecule has 0 saturated carbocycles. The van der Waals surface area contributed by atoms with Crippen LogP contribution in [0.15, 0.2) is 72.0 Å². The molecule has 2 N–H and O–H groups in total. The van der Waals surface area contributed by atoms with Crippen LogP contribution >= 0.6 is 11.6 Å². The first kappa shape index (κ1) is 17.2. The first-order chi connectivity index (χ1) is 12.0. The topological polar surface area (TPSA) is 84.0 Å². The van der Waals surface area contributed by atoms with Crippen LogP contribution in [0, 0.1) is 0 Å². The van der Waals surface area contributed by atoms with E-state index in [4.69, 9.17) is 11.6 Å². The second-order valence-electron chi connectivity index (χ2n) is 5.21. The number of halogens is 1. The van der Waals surface area contributed by atoms with Crippen LogP contribution in [0.25, 0.3) is 0 Å². The summed E-state index contributed by atoms with van der Waals surface area (Å²) in [4.78, 5) is 8.38. The number of rotatable bonds is 6. The minimum absolute atomic E-state index is 0.135. The molecule has 0 saturated heterocycles. The van der Waals surface area contributed by atoms with E-state index < -0.39 is 10.0 Å². The predicted octanol–water partition coefficient (Wildman–Crippen LogP) is 3.54. The van der Waals surface area contributed by atoms with Crippen molar-refractivity contribution in [2.24, 2.45) is 0 Å². The zero-order valence-corrected chi connectivity index (χ0v) is 14.6. The Bertz CT molecular complexity index is 931. The van der Waals surface area contributed by atoms with Gasteiger partial charge in [0.15, 0.2) is 0 Å². The van der Waals surface area contributed by atoms with Crippen molar-refractivity contribution in [3.05, 3.63) is 77.7 Å². The molecule has 0 aliphatic heterocycles. The van der Waals surface area contributed by atoms with E-state index in [1.807, 2.05) is 12.1 Å². The zero-order valence-electron chi connectivity index (χ0n) is 13.1. The molecular weight excluding hydrogens is 360 g/mol. The fraction of sp³-hybridized carbons (Fsp3) is 0.0588. The fourth-order valence-corrected chi connectivity index (χ4v) is 3.25. The van der Waals surface area contributed by atoms with Gasteiger partial charge in [-0.05, 0) is 48.0 Å². The number of hydrogen-bond acceptors (Lipinski definition) is 5. The predicted molar refractivity (Wildman–Crippen MR) is 98.1 cm³/mol. The van der Waals surface area contributed by atoms with Gasteiger partial charge in [-0.25, -0.2) is 13.4 Å². The summed E-state index contributed by atoms with van der Waals surface area (Å²) in [5, 5.41) is 3.62. The average Bonchev–Trinajstić information content (AvgIpc) is 2.62. The third kappa shape index (κ3) is 4.68. The quantitative estimate of drug-likeness (QED) is 0.689. The minimum atomic E-state index is -3.68. The normalized spacial score (nSPS) is 11.1. The molecule has 128 valence electrons. The van der Waals surface area contributed by atoms with Gasteiger partial charge in [0.05, 0.1) is 16.8 Å². The molecule has 0 radical (unpaired) electrons. The number of nitrogens with zero attached hydrogens (tertiary/aromatic N) is 2. The zero-order chi connectivity index (χ0) is 17.7. The van der Waals surface area contributed by atoms with Gasteiger partial charge in [-0.1, -0.05) is 17.7 Å². The van der Waals surface area contributed by atoms with Gasteiger partial charge >= 0.3 is 0 Å². The Morgan fingerprint density at radius 3 is 2.44 bits per heavy atom. The first-order valence-corrected chi connectivity index (χ1v) is 9.26. The van der Waals surface area contributed by atoms with E-state index in [2.05, 4.69) is 20.0 Å². The molecule has 0 aliphatic carbocycles. The van der Waals surface area contributed by atoms with Gasteiger partial charge in [0, 0.05) is 24.0 Å². The standard InChI is InChI=1S/C17H15ClN4O2S/c18-14-3-6-16(7-4-14)25(23,24)22-15-5-8-17(21-12-15)20-11-13-2-1-9-19-10-13/h1-10,12,22H,11H2,(H,20,21). The molecule has 0 atom stereocenters. The van der Waals surface area contributed by atoms with Gasteiger partial charge < -0.3 is 5.32 Å². The van der Waals surface area contributed by atoms with Crippen molar-refractivity contribution in [3.63, 3.8) is 0 Å². The van der Waals surface area contributed by atoms with Crippen molar-refractivity contribution in [1.29, 1.82) is 0 Å². The smallest absolute Gasteiger partial charge is 0.261 e. The number of anilines is 2. The Kier molecular flexibility index (Phi) is 5.16. The Balaban J connectivity index is 1.65. The van der Waals surface area contributed by atoms with Gasteiger partial charge in [-0.3, -0.25) is 9.71 Å². The molecular formula is C17H15ClN4O2S. The molecule has 2 heterocycles. The molecule has 0 fully saturated rings. The Labute approximate surface area is 151 Å². The van der Waals surface area contributed by atoms with Crippen LogP contribution in [-0.4, -0.2) is 18.4 Å². The Hall–Kier alpha value is -2.64. The number of benzene rings is 1. The van der Waals surface area contributed by atoms with Crippen molar-refractivity contribution in [2.45, 2.75) is 11.4 Å². The maximum Gasteiger partial charge on any atom is 0.261 e. The molecule has 0 spiro atoms. The molecule has 6 nitrogen and oxygen atoms in total. The lowest BCUT2D eigenvalue weighted by Crippen LogP contribution is -2.13. The van der Waals surface area contributed by atoms with Crippen LogP contribution in [0.4, 0.5) is 11.5 Å². The maximum atomic E-state index is 12.3. The first-order valence-electron chi connectivity index (χ1n) is 7.40. The molecule has 8 heteroatoms. The van der Waals surface area contributed by atoms with Crippen molar-refractivity contribution in [1.82, 2.24) is 9.97 Å². The SMILES string of the molecule is O=S(=O)(Nc1ccc(NCc2cccnc2)nc1)c1ccc(Cl)cc1. The van der Waals surface area contributed by atoms with Crippen LogP contribution in [0.1, 0.15) is 5.56 Å². The summed E-state index contributed by atoms with van der Waals surface area (Å²) < 4.78 is 27.1. The summed E-state index contributed by atoms with van der Waals surface area (Å²) in [5.74, 6) is 0.637. The minimum Gasteiger partial charge on any atom is -0.366 e. The molecule has 0 bridgehead atoms. The van der Waals surface area contributed by atoms with Gasteiger partial charge in [0.2, 0.25) is 0 Å². The van der Waals surface area contributed by atoms with Crippen molar-refractivity contribution in [3.8, 4) is 0 Å². The third-order valence-corrected chi connectivity index (χ3v) is 4.99. The molecule has 0 aliphatic rings. The Morgan fingerprint density at radius 2 is 1.80 bits per heavy atom. The largest absolute Gasteiger partial charge is 0.366 e. The van der Waals surface area contributed by atoms with Crippen LogP contribution in [0.2, 0.25) is 5.02 Å². The van der Waals surface area contributed by atoms with Crippen molar-refractivity contribution in [2.75, 3.05) is 10.0 Å². The second kappa shape index (κ2) is 7.50. The summed E-state index contributed by atoms with van der Waals surface area (Å²) in [6, 6.07) is 13.1. The van der Waals surface area contributed by atoms with E-state index in [1.165, 1.54) is 30.5 Å². The highest BCUT2D eigenvalue weighted by molar-refractivity contribution is 7.92. The average molecular weight is 375 g/mol. The molecule has 1 aromatic carbocycles. The number of pyridine rings is 2. The van der Waals surface area contributed by atoms with Crippen molar-refractivity contribution >= 4 is 33.1 Å². The fourth-order valence-electron chi connectivity index (χ4n) is 2.08. The summed E-state index contributed by atoms with van der Waals surface area (Å²) >= 11 is 5.78. The van der Waals surface area contributed by atoms with Crippen LogP contribution in [-0.2, 0) is 16.6 Å². The second-order valence-corrected chi connectivity index (χ2v) is 7.33. The molecule has 3 rings (SSSR count).